The molecule has 0 spiro atoms. The van der Waals surface area contributed by atoms with Crippen molar-refractivity contribution in [3.05, 3.63) is 16.6 Å². The van der Waals surface area contributed by atoms with Crippen LogP contribution < -0.4 is 10.5 Å². The van der Waals surface area contributed by atoms with Crippen molar-refractivity contribution in [2.24, 2.45) is 0 Å². The Kier molecular flexibility index (Phi) is 2.79. The molecule has 1 aromatic rings. The maximum Gasteiger partial charge on any atom is 0.573 e. The molecule has 0 unspecified atom stereocenters. The molecule has 0 fully saturated rings. The lowest BCUT2D eigenvalue weighted by Crippen LogP contribution is -2.17. The van der Waals surface area contributed by atoms with Crippen LogP contribution in [0.4, 0.5) is 18.9 Å². The van der Waals surface area contributed by atoms with Gasteiger partial charge >= 0.3 is 6.36 Å². The van der Waals surface area contributed by atoms with Crippen LogP contribution in [0.25, 0.3) is 0 Å². The van der Waals surface area contributed by atoms with Crippen molar-refractivity contribution in [3.8, 4) is 11.5 Å². The van der Waals surface area contributed by atoms with Gasteiger partial charge in [0.05, 0.1) is 10.2 Å². The molecule has 0 aliphatic rings. The Morgan fingerprint density at radius 1 is 1.36 bits per heavy atom. The molecule has 3 N–H and O–H groups in total. The first-order valence-corrected chi connectivity index (χ1v) is 4.13. The van der Waals surface area contributed by atoms with Crippen molar-refractivity contribution >= 4 is 21.6 Å². The van der Waals surface area contributed by atoms with Crippen LogP contribution in [0.15, 0.2) is 16.6 Å². The fourth-order valence-corrected chi connectivity index (χ4v) is 1.18. The molecule has 1 rings (SSSR count). The van der Waals surface area contributed by atoms with Gasteiger partial charge in [-0.15, -0.1) is 13.2 Å². The van der Waals surface area contributed by atoms with Gasteiger partial charge in [-0.2, -0.15) is 0 Å². The van der Waals surface area contributed by atoms with E-state index in [1.165, 1.54) is 0 Å². The summed E-state index contributed by atoms with van der Waals surface area (Å²) in [5.41, 5.74) is 5.06. The molecule has 14 heavy (non-hydrogen) atoms. The highest BCUT2D eigenvalue weighted by atomic mass is 79.9. The lowest BCUT2D eigenvalue weighted by atomic mass is 10.3. The number of phenols is 1. The first-order chi connectivity index (χ1) is 6.31. The first kappa shape index (κ1) is 11.0. The van der Waals surface area contributed by atoms with E-state index in [1.807, 2.05) is 0 Å². The van der Waals surface area contributed by atoms with Gasteiger partial charge in [0.15, 0.2) is 0 Å². The molecule has 0 saturated heterocycles. The number of nitrogen functional groups attached to an aromatic ring is 1. The number of anilines is 1. The number of nitrogens with two attached hydrogens (primary N) is 1. The second-order valence-electron chi connectivity index (χ2n) is 2.36. The van der Waals surface area contributed by atoms with Crippen LogP contribution >= 0.6 is 15.9 Å². The summed E-state index contributed by atoms with van der Waals surface area (Å²) in [4.78, 5) is 0. The molecule has 3 nitrogen and oxygen atoms in total. The van der Waals surface area contributed by atoms with E-state index in [2.05, 4.69) is 20.7 Å². The summed E-state index contributed by atoms with van der Waals surface area (Å²) < 4.78 is 38.9. The predicted octanol–water partition coefficient (Wildman–Crippen LogP) is 2.64. The van der Waals surface area contributed by atoms with E-state index in [0.29, 0.717) is 0 Å². The molecule has 0 aliphatic heterocycles. The molecule has 0 heterocycles. The van der Waals surface area contributed by atoms with Crippen molar-refractivity contribution in [1.29, 1.82) is 0 Å². The molecule has 0 saturated carbocycles. The van der Waals surface area contributed by atoms with Gasteiger partial charge in [-0.05, 0) is 28.1 Å². The molecule has 0 aliphatic carbocycles. The monoisotopic (exact) mass is 271 g/mol. The molecule has 0 radical (unpaired) electrons. The maximum atomic E-state index is 11.8. The Hall–Kier alpha value is -1.11. The highest BCUT2D eigenvalue weighted by Gasteiger charge is 2.32. The van der Waals surface area contributed by atoms with Gasteiger partial charge in [-0.1, -0.05) is 0 Å². The summed E-state index contributed by atoms with van der Waals surface area (Å²) in [6.07, 6.45) is -4.79. The second kappa shape index (κ2) is 3.56. The van der Waals surface area contributed by atoms with Crippen molar-refractivity contribution in [2.45, 2.75) is 6.36 Å². The minimum Gasteiger partial charge on any atom is -0.506 e. The van der Waals surface area contributed by atoms with Gasteiger partial charge in [0, 0.05) is 0 Å². The molecule has 78 valence electrons. The summed E-state index contributed by atoms with van der Waals surface area (Å²) in [6.45, 7) is 0. The van der Waals surface area contributed by atoms with Crippen molar-refractivity contribution in [3.63, 3.8) is 0 Å². The van der Waals surface area contributed by atoms with Crippen LogP contribution in [-0.4, -0.2) is 11.5 Å². The Labute approximate surface area is 85.4 Å². The maximum absolute atomic E-state index is 11.8. The Morgan fingerprint density at radius 3 is 2.43 bits per heavy atom. The van der Waals surface area contributed by atoms with Gasteiger partial charge in [0.2, 0.25) is 0 Å². The van der Waals surface area contributed by atoms with E-state index in [9.17, 15) is 13.2 Å². The minimum atomic E-state index is -4.79. The molecule has 0 amide bonds. The van der Waals surface area contributed by atoms with Crippen molar-refractivity contribution in [1.82, 2.24) is 0 Å². The second-order valence-corrected chi connectivity index (χ2v) is 3.15. The Morgan fingerprint density at radius 2 is 1.93 bits per heavy atom. The molecule has 0 bridgehead atoms. The Balaban J connectivity index is 3.06. The highest BCUT2D eigenvalue weighted by Crippen LogP contribution is 2.38. The van der Waals surface area contributed by atoms with E-state index < -0.39 is 12.1 Å². The first-order valence-electron chi connectivity index (χ1n) is 3.34. The number of hydrogen-bond acceptors (Lipinski definition) is 3. The topological polar surface area (TPSA) is 55.5 Å². The smallest absolute Gasteiger partial charge is 0.506 e. The zero-order valence-electron chi connectivity index (χ0n) is 6.60. The summed E-state index contributed by atoms with van der Waals surface area (Å²) in [6, 6.07) is 1.98. The van der Waals surface area contributed by atoms with Crippen LogP contribution in [0, 0.1) is 0 Å². The van der Waals surface area contributed by atoms with Gasteiger partial charge in [0.1, 0.15) is 11.5 Å². The number of rotatable bonds is 1. The number of aromatic hydroxyl groups is 1. The Bertz CT molecular complexity index is 354. The quantitative estimate of drug-likeness (QED) is 0.610. The SMILES string of the molecule is Nc1c(O)ccc(OC(F)(F)F)c1Br. The van der Waals surface area contributed by atoms with Crippen LogP contribution in [0.5, 0.6) is 11.5 Å². The number of halogens is 4. The lowest BCUT2D eigenvalue weighted by molar-refractivity contribution is -0.274. The summed E-state index contributed by atoms with van der Waals surface area (Å²) >= 11 is 2.77. The molecule has 0 atom stereocenters. The zero-order valence-corrected chi connectivity index (χ0v) is 8.19. The summed E-state index contributed by atoms with van der Waals surface area (Å²) in [5, 5.41) is 9.03. The van der Waals surface area contributed by atoms with E-state index in [-0.39, 0.29) is 15.9 Å². The third-order valence-electron chi connectivity index (χ3n) is 1.35. The molecule has 0 aromatic heterocycles. The third-order valence-corrected chi connectivity index (χ3v) is 2.16. The zero-order chi connectivity index (χ0) is 10.9. The molecular formula is C7H5BrF3NO2. The number of benzene rings is 1. The lowest BCUT2D eigenvalue weighted by Gasteiger charge is -2.12. The average molecular weight is 272 g/mol. The van der Waals surface area contributed by atoms with Gasteiger partial charge < -0.3 is 15.6 Å². The number of alkyl halides is 3. The standard InChI is InChI=1S/C7H5BrF3NO2/c8-5-4(14-7(9,10)11)2-1-3(13)6(5)12/h1-2,13H,12H2. The fraction of sp³-hybridized carbons (Fsp3) is 0.143. The van der Waals surface area contributed by atoms with Crippen LogP contribution in [0.1, 0.15) is 0 Å². The number of hydrogen-bond donors (Lipinski definition) is 2. The molecule has 7 heteroatoms. The fourth-order valence-electron chi connectivity index (χ4n) is 0.766. The number of ether oxygens (including phenoxy) is 1. The van der Waals surface area contributed by atoms with Crippen molar-refractivity contribution < 1.29 is 23.0 Å². The van der Waals surface area contributed by atoms with Crippen LogP contribution in [0.3, 0.4) is 0 Å². The largest absolute Gasteiger partial charge is 0.573 e. The molecule has 1 aromatic carbocycles. The normalized spacial score (nSPS) is 11.4. The minimum absolute atomic E-state index is 0.130. The molecular weight excluding hydrogens is 267 g/mol. The van der Waals surface area contributed by atoms with Crippen LogP contribution in [0.2, 0.25) is 0 Å². The van der Waals surface area contributed by atoms with Gasteiger partial charge in [-0.3, -0.25) is 0 Å². The van der Waals surface area contributed by atoms with Crippen molar-refractivity contribution in [2.75, 3.05) is 5.73 Å². The van der Waals surface area contributed by atoms with Gasteiger partial charge in [0.25, 0.3) is 0 Å². The predicted molar refractivity (Wildman–Crippen MR) is 46.9 cm³/mol. The van der Waals surface area contributed by atoms with E-state index in [1.54, 1.807) is 0 Å². The third kappa shape index (κ3) is 2.44. The number of phenolic OH excluding ortho intramolecular Hbond substituents is 1. The van der Waals surface area contributed by atoms with E-state index in [0.717, 1.165) is 12.1 Å². The average Bonchev–Trinajstić information content (AvgIpc) is 2.04. The van der Waals surface area contributed by atoms with E-state index >= 15 is 0 Å². The van der Waals surface area contributed by atoms with Crippen LogP contribution in [-0.2, 0) is 0 Å². The van der Waals surface area contributed by atoms with E-state index in [4.69, 9.17) is 10.8 Å². The summed E-state index contributed by atoms with van der Waals surface area (Å²) in [7, 11) is 0. The highest BCUT2D eigenvalue weighted by molar-refractivity contribution is 9.10. The summed E-state index contributed by atoms with van der Waals surface area (Å²) in [5.74, 6) is -0.806. The van der Waals surface area contributed by atoms with Gasteiger partial charge in [-0.25, -0.2) is 0 Å².